The number of carbonyl (C=O) groups is 2. The standard InChI is InChI=1S/C26H20ClN3O5/c1-34-17-5-3-4-15(12-17)22-21(23(31)14-6-8-16(27)9-7-14)24(32)25(33)30(22)26-28-19-11-10-18(35-2)13-20(19)29-26/h3-13,22,31H,1-2H3,(H,28,29)/b23-21+. The van der Waals surface area contributed by atoms with Crippen molar-refractivity contribution in [3.63, 3.8) is 0 Å². The molecule has 35 heavy (non-hydrogen) atoms. The molecule has 0 bridgehead atoms. The smallest absolute Gasteiger partial charge is 0.302 e. The third kappa shape index (κ3) is 3.87. The molecule has 1 unspecified atom stereocenters. The Bertz CT molecular complexity index is 1490. The number of nitrogens with one attached hydrogen (secondary N) is 1. The summed E-state index contributed by atoms with van der Waals surface area (Å²) in [6, 6.07) is 17.6. The Morgan fingerprint density at radius 2 is 1.71 bits per heavy atom. The molecule has 0 aliphatic carbocycles. The number of anilines is 1. The Balaban J connectivity index is 1.72. The normalized spacial score (nSPS) is 17.2. The first-order chi connectivity index (χ1) is 16.9. The molecule has 1 fully saturated rings. The van der Waals surface area contributed by atoms with Crippen molar-refractivity contribution < 1.29 is 24.2 Å². The molecule has 5 rings (SSSR count). The lowest BCUT2D eigenvalue weighted by Crippen LogP contribution is -2.30. The minimum atomic E-state index is -0.955. The Kier molecular flexibility index (Phi) is 5.66. The van der Waals surface area contributed by atoms with E-state index in [1.807, 2.05) is 0 Å². The minimum absolute atomic E-state index is 0.0661. The summed E-state index contributed by atoms with van der Waals surface area (Å²) in [6.07, 6.45) is 0. The van der Waals surface area contributed by atoms with Gasteiger partial charge in [0, 0.05) is 16.7 Å². The predicted octanol–water partition coefficient (Wildman–Crippen LogP) is 4.86. The lowest BCUT2D eigenvalue weighted by atomic mass is 9.95. The third-order valence-corrected chi connectivity index (χ3v) is 6.13. The Morgan fingerprint density at radius 3 is 2.43 bits per heavy atom. The number of hydrogen-bond acceptors (Lipinski definition) is 6. The van der Waals surface area contributed by atoms with E-state index >= 15 is 0 Å². The molecular formula is C26H20ClN3O5. The number of methoxy groups -OCH3 is 2. The van der Waals surface area contributed by atoms with E-state index in [1.165, 1.54) is 12.0 Å². The maximum atomic E-state index is 13.3. The van der Waals surface area contributed by atoms with Crippen molar-refractivity contribution in [2.24, 2.45) is 0 Å². The quantitative estimate of drug-likeness (QED) is 0.236. The number of H-pyrrole nitrogens is 1. The van der Waals surface area contributed by atoms with Crippen LogP contribution in [0.15, 0.2) is 72.3 Å². The largest absolute Gasteiger partial charge is 0.507 e. The van der Waals surface area contributed by atoms with Crippen LogP contribution in [0.4, 0.5) is 5.95 Å². The number of fused-ring (bicyclic) bond motifs is 1. The highest BCUT2D eigenvalue weighted by molar-refractivity contribution is 6.51. The van der Waals surface area contributed by atoms with Crippen LogP contribution >= 0.6 is 11.6 Å². The molecule has 4 aromatic rings. The molecule has 0 spiro atoms. The highest BCUT2D eigenvalue weighted by atomic mass is 35.5. The SMILES string of the molecule is COc1cccc(C2/C(=C(\O)c3ccc(Cl)cc3)C(=O)C(=O)N2c2nc3ccc(OC)cc3[nH]2)c1. The van der Waals surface area contributed by atoms with E-state index in [9.17, 15) is 14.7 Å². The van der Waals surface area contributed by atoms with Gasteiger partial charge in [-0.05, 0) is 54.1 Å². The zero-order valence-electron chi connectivity index (χ0n) is 18.8. The predicted molar refractivity (Wildman–Crippen MR) is 132 cm³/mol. The average molecular weight is 490 g/mol. The second kappa shape index (κ2) is 8.81. The maximum absolute atomic E-state index is 13.3. The molecule has 1 aliphatic rings. The third-order valence-electron chi connectivity index (χ3n) is 5.88. The van der Waals surface area contributed by atoms with Crippen molar-refractivity contribution in [1.82, 2.24) is 9.97 Å². The number of aromatic nitrogens is 2. The van der Waals surface area contributed by atoms with Crippen LogP contribution in [0.5, 0.6) is 11.5 Å². The Morgan fingerprint density at radius 1 is 1.00 bits per heavy atom. The van der Waals surface area contributed by atoms with Crippen LogP contribution in [0.3, 0.4) is 0 Å². The summed E-state index contributed by atoms with van der Waals surface area (Å²) in [6.45, 7) is 0. The number of carbonyl (C=O) groups excluding carboxylic acids is 2. The van der Waals surface area contributed by atoms with Gasteiger partial charge in [0.25, 0.3) is 5.78 Å². The van der Waals surface area contributed by atoms with Crippen molar-refractivity contribution in [3.8, 4) is 11.5 Å². The summed E-state index contributed by atoms with van der Waals surface area (Å²) in [4.78, 5) is 35.5. The van der Waals surface area contributed by atoms with Crippen LogP contribution in [-0.4, -0.2) is 41.0 Å². The van der Waals surface area contributed by atoms with E-state index in [-0.39, 0.29) is 17.3 Å². The van der Waals surface area contributed by atoms with Gasteiger partial charge in [-0.15, -0.1) is 0 Å². The molecule has 9 heteroatoms. The number of hydrogen-bond donors (Lipinski definition) is 2. The van der Waals surface area contributed by atoms with Crippen LogP contribution < -0.4 is 14.4 Å². The fourth-order valence-corrected chi connectivity index (χ4v) is 4.28. The highest BCUT2D eigenvalue weighted by Crippen LogP contribution is 2.42. The number of aromatic amines is 1. The summed E-state index contributed by atoms with van der Waals surface area (Å²) >= 11 is 5.99. The van der Waals surface area contributed by atoms with E-state index in [1.54, 1.807) is 73.8 Å². The Hall–Kier alpha value is -4.30. The molecule has 1 atom stereocenters. The molecule has 1 aliphatic heterocycles. The fraction of sp³-hybridized carbons (Fsp3) is 0.115. The van der Waals surface area contributed by atoms with E-state index in [2.05, 4.69) is 9.97 Å². The molecule has 8 nitrogen and oxygen atoms in total. The van der Waals surface area contributed by atoms with Crippen molar-refractivity contribution in [3.05, 3.63) is 88.5 Å². The molecule has 1 amide bonds. The van der Waals surface area contributed by atoms with Gasteiger partial charge in [-0.25, -0.2) is 4.98 Å². The lowest BCUT2D eigenvalue weighted by Gasteiger charge is -2.23. The number of nitrogens with zero attached hydrogens (tertiary/aromatic N) is 2. The first kappa shape index (κ1) is 22.5. The topological polar surface area (TPSA) is 105 Å². The van der Waals surface area contributed by atoms with E-state index in [0.717, 1.165) is 0 Å². The number of Topliss-reactive ketones (excluding diaryl/α,β-unsaturated/α-hetero) is 1. The number of aliphatic hydroxyl groups excluding tert-OH is 1. The summed E-state index contributed by atoms with van der Waals surface area (Å²) < 4.78 is 10.6. The summed E-state index contributed by atoms with van der Waals surface area (Å²) in [7, 11) is 3.08. The van der Waals surface area contributed by atoms with E-state index in [0.29, 0.717) is 38.7 Å². The average Bonchev–Trinajstić information content (AvgIpc) is 3.41. The van der Waals surface area contributed by atoms with Gasteiger partial charge in [-0.1, -0.05) is 23.7 Å². The van der Waals surface area contributed by atoms with Gasteiger partial charge in [-0.3, -0.25) is 14.5 Å². The lowest BCUT2D eigenvalue weighted by molar-refractivity contribution is -0.132. The van der Waals surface area contributed by atoms with Gasteiger partial charge in [-0.2, -0.15) is 0 Å². The molecule has 3 aromatic carbocycles. The van der Waals surface area contributed by atoms with Gasteiger partial charge in [0.15, 0.2) is 0 Å². The number of imidazole rings is 1. The van der Waals surface area contributed by atoms with Crippen molar-refractivity contribution >= 4 is 46.0 Å². The summed E-state index contributed by atoms with van der Waals surface area (Å²) in [5.74, 6) is -0.648. The van der Waals surface area contributed by atoms with Crippen LogP contribution in [0.2, 0.25) is 5.02 Å². The summed E-state index contributed by atoms with van der Waals surface area (Å²) in [5.41, 5.74) is 2.07. The number of benzene rings is 3. The molecule has 1 saturated heterocycles. The fourth-order valence-electron chi connectivity index (χ4n) is 4.16. The summed E-state index contributed by atoms with van der Waals surface area (Å²) in [5, 5.41) is 11.7. The van der Waals surface area contributed by atoms with Crippen LogP contribution in [0, 0.1) is 0 Å². The highest BCUT2D eigenvalue weighted by Gasteiger charge is 2.48. The van der Waals surface area contributed by atoms with Gasteiger partial charge in [0.2, 0.25) is 5.95 Å². The zero-order chi connectivity index (χ0) is 24.7. The van der Waals surface area contributed by atoms with Crippen molar-refractivity contribution in [2.45, 2.75) is 6.04 Å². The van der Waals surface area contributed by atoms with Gasteiger partial charge < -0.3 is 19.6 Å². The van der Waals surface area contributed by atoms with E-state index < -0.39 is 17.7 Å². The molecule has 176 valence electrons. The number of ether oxygens (including phenoxy) is 2. The first-order valence-corrected chi connectivity index (χ1v) is 11.0. The number of halogens is 1. The van der Waals surface area contributed by atoms with E-state index in [4.69, 9.17) is 21.1 Å². The van der Waals surface area contributed by atoms with Gasteiger partial charge >= 0.3 is 5.91 Å². The van der Waals surface area contributed by atoms with Crippen molar-refractivity contribution in [2.75, 3.05) is 19.1 Å². The van der Waals surface area contributed by atoms with Gasteiger partial charge in [0.1, 0.15) is 17.3 Å². The minimum Gasteiger partial charge on any atom is -0.507 e. The number of amides is 1. The molecule has 2 N–H and O–H groups in total. The molecule has 0 radical (unpaired) electrons. The molecule has 1 aromatic heterocycles. The van der Waals surface area contributed by atoms with Crippen molar-refractivity contribution in [1.29, 1.82) is 0 Å². The van der Waals surface area contributed by atoms with Crippen LogP contribution in [-0.2, 0) is 9.59 Å². The number of ketones is 1. The molecular weight excluding hydrogens is 470 g/mol. The molecule has 2 heterocycles. The van der Waals surface area contributed by atoms with Gasteiger partial charge in [0.05, 0.1) is 36.9 Å². The van der Waals surface area contributed by atoms with Crippen LogP contribution in [0.1, 0.15) is 17.2 Å². The Labute approximate surface area is 205 Å². The first-order valence-electron chi connectivity index (χ1n) is 10.7. The zero-order valence-corrected chi connectivity index (χ0v) is 19.5. The number of rotatable bonds is 5. The van der Waals surface area contributed by atoms with Crippen LogP contribution in [0.25, 0.3) is 16.8 Å². The second-order valence-electron chi connectivity index (χ2n) is 7.90. The number of aliphatic hydroxyl groups is 1. The monoisotopic (exact) mass is 489 g/mol. The second-order valence-corrected chi connectivity index (χ2v) is 8.33. The molecule has 0 saturated carbocycles. The maximum Gasteiger partial charge on any atom is 0.302 e.